The maximum Gasteiger partial charge on any atom is 0.337 e. The SMILES string of the molecule is CCc1ccc(C(=O)O)c(N)c1CC. The van der Waals surface area contributed by atoms with Crippen molar-refractivity contribution in [1.82, 2.24) is 0 Å². The Morgan fingerprint density at radius 1 is 1.36 bits per heavy atom. The van der Waals surface area contributed by atoms with E-state index in [2.05, 4.69) is 0 Å². The van der Waals surface area contributed by atoms with Gasteiger partial charge in [-0.05, 0) is 30.0 Å². The highest BCUT2D eigenvalue weighted by atomic mass is 16.4. The Morgan fingerprint density at radius 2 is 2.00 bits per heavy atom. The quantitative estimate of drug-likeness (QED) is 0.722. The molecule has 0 bridgehead atoms. The summed E-state index contributed by atoms with van der Waals surface area (Å²) in [5.74, 6) is -0.958. The number of hydrogen-bond acceptors (Lipinski definition) is 2. The summed E-state index contributed by atoms with van der Waals surface area (Å²) in [6, 6.07) is 3.42. The molecule has 0 atom stereocenters. The number of hydrogen-bond donors (Lipinski definition) is 2. The summed E-state index contributed by atoms with van der Waals surface area (Å²) in [5, 5.41) is 8.87. The third kappa shape index (κ3) is 1.71. The van der Waals surface area contributed by atoms with E-state index in [-0.39, 0.29) is 5.56 Å². The van der Waals surface area contributed by atoms with E-state index >= 15 is 0 Å². The molecule has 3 N–H and O–H groups in total. The van der Waals surface area contributed by atoms with Gasteiger partial charge in [0, 0.05) is 5.69 Å². The lowest BCUT2D eigenvalue weighted by atomic mass is 9.97. The highest BCUT2D eigenvalue weighted by molar-refractivity contribution is 5.94. The summed E-state index contributed by atoms with van der Waals surface area (Å²) in [5.41, 5.74) is 8.51. The number of aryl methyl sites for hydroxylation is 1. The van der Waals surface area contributed by atoms with Crippen LogP contribution in [0.3, 0.4) is 0 Å². The molecule has 3 heteroatoms. The van der Waals surface area contributed by atoms with Crippen molar-refractivity contribution in [2.75, 3.05) is 5.73 Å². The summed E-state index contributed by atoms with van der Waals surface area (Å²) in [6.07, 6.45) is 1.66. The maximum atomic E-state index is 10.8. The fourth-order valence-corrected chi connectivity index (χ4v) is 1.65. The van der Waals surface area contributed by atoms with Gasteiger partial charge in [-0.2, -0.15) is 0 Å². The molecule has 0 radical (unpaired) electrons. The molecule has 0 saturated heterocycles. The van der Waals surface area contributed by atoms with Crippen LogP contribution >= 0.6 is 0 Å². The normalized spacial score (nSPS) is 10.1. The molecular weight excluding hydrogens is 178 g/mol. The summed E-state index contributed by atoms with van der Waals surface area (Å²) in [7, 11) is 0. The van der Waals surface area contributed by atoms with Gasteiger partial charge < -0.3 is 10.8 Å². The summed E-state index contributed by atoms with van der Waals surface area (Å²) < 4.78 is 0. The van der Waals surface area contributed by atoms with Crippen LogP contribution in [-0.4, -0.2) is 11.1 Å². The minimum Gasteiger partial charge on any atom is -0.478 e. The van der Waals surface area contributed by atoms with Crippen molar-refractivity contribution in [2.45, 2.75) is 26.7 Å². The molecule has 76 valence electrons. The van der Waals surface area contributed by atoms with Crippen molar-refractivity contribution in [2.24, 2.45) is 0 Å². The second-order valence-corrected chi connectivity index (χ2v) is 3.18. The van der Waals surface area contributed by atoms with Gasteiger partial charge in [-0.3, -0.25) is 0 Å². The number of aromatic carboxylic acids is 1. The fraction of sp³-hybridized carbons (Fsp3) is 0.364. The van der Waals surface area contributed by atoms with Crippen LogP contribution < -0.4 is 5.73 Å². The average Bonchev–Trinajstić information content (AvgIpc) is 2.16. The van der Waals surface area contributed by atoms with E-state index in [0.717, 1.165) is 24.0 Å². The molecule has 0 aliphatic carbocycles. The van der Waals surface area contributed by atoms with Crippen LogP contribution in [0.15, 0.2) is 12.1 Å². The Balaban J connectivity index is 3.34. The van der Waals surface area contributed by atoms with Gasteiger partial charge in [0.15, 0.2) is 0 Å². The molecular formula is C11H15NO2. The van der Waals surface area contributed by atoms with Crippen LogP contribution in [0, 0.1) is 0 Å². The number of nitrogens with two attached hydrogens (primary N) is 1. The number of rotatable bonds is 3. The zero-order chi connectivity index (χ0) is 10.7. The van der Waals surface area contributed by atoms with Crippen molar-refractivity contribution in [3.05, 3.63) is 28.8 Å². The molecule has 0 amide bonds. The molecule has 0 aliphatic rings. The predicted octanol–water partition coefficient (Wildman–Crippen LogP) is 2.09. The Bertz CT molecular complexity index is 359. The Hall–Kier alpha value is -1.51. The standard InChI is InChI=1S/C11H15NO2/c1-3-7-5-6-9(11(13)14)10(12)8(7)4-2/h5-6H,3-4,12H2,1-2H3,(H,13,14). The summed E-state index contributed by atoms with van der Waals surface area (Å²) >= 11 is 0. The topological polar surface area (TPSA) is 63.3 Å². The third-order valence-corrected chi connectivity index (χ3v) is 2.42. The van der Waals surface area contributed by atoms with Crippen LogP contribution in [0.1, 0.15) is 35.3 Å². The smallest absolute Gasteiger partial charge is 0.337 e. The zero-order valence-corrected chi connectivity index (χ0v) is 8.50. The van der Waals surface area contributed by atoms with Crippen molar-refractivity contribution < 1.29 is 9.90 Å². The second-order valence-electron chi connectivity index (χ2n) is 3.18. The Kier molecular flexibility index (Phi) is 3.12. The molecule has 1 aromatic rings. The molecule has 0 unspecified atom stereocenters. The minimum absolute atomic E-state index is 0.207. The number of carbonyl (C=O) groups is 1. The van der Waals surface area contributed by atoms with Crippen LogP contribution in [0.2, 0.25) is 0 Å². The molecule has 0 fully saturated rings. The number of benzene rings is 1. The zero-order valence-electron chi connectivity index (χ0n) is 8.50. The molecule has 0 saturated carbocycles. The molecule has 1 aromatic carbocycles. The summed E-state index contributed by atoms with van der Waals surface area (Å²) in [4.78, 5) is 10.8. The van der Waals surface area contributed by atoms with E-state index in [0.29, 0.717) is 5.69 Å². The number of carboxylic acid groups (broad SMARTS) is 1. The van der Waals surface area contributed by atoms with Gasteiger partial charge in [0.05, 0.1) is 5.56 Å². The first-order valence-corrected chi connectivity index (χ1v) is 4.75. The van der Waals surface area contributed by atoms with Gasteiger partial charge in [0.25, 0.3) is 0 Å². The Labute approximate surface area is 83.6 Å². The van der Waals surface area contributed by atoms with E-state index in [4.69, 9.17) is 10.8 Å². The Morgan fingerprint density at radius 3 is 2.43 bits per heavy atom. The van der Waals surface area contributed by atoms with E-state index in [1.165, 1.54) is 0 Å². The summed E-state index contributed by atoms with van der Waals surface area (Å²) in [6.45, 7) is 4.02. The first-order valence-electron chi connectivity index (χ1n) is 4.75. The fourth-order valence-electron chi connectivity index (χ4n) is 1.65. The first kappa shape index (κ1) is 10.6. The lowest BCUT2D eigenvalue weighted by molar-refractivity contribution is 0.0698. The van der Waals surface area contributed by atoms with E-state index < -0.39 is 5.97 Å². The third-order valence-electron chi connectivity index (χ3n) is 2.42. The molecule has 0 aliphatic heterocycles. The molecule has 14 heavy (non-hydrogen) atoms. The van der Waals surface area contributed by atoms with Crippen LogP contribution in [0.5, 0.6) is 0 Å². The van der Waals surface area contributed by atoms with Crippen molar-refractivity contribution in [1.29, 1.82) is 0 Å². The van der Waals surface area contributed by atoms with Crippen LogP contribution in [-0.2, 0) is 12.8 Å². The van der Waals surface area contributed by atoms with Crippen molar-refractivity contribution >= 4 is 11.7 Å². The van der Waals surface area contributed by atoms with Gasteiger partial charge >= 0.3 is 5.97 Å². The van der Waals surface area contributed by atoms with Gasteiger partial charge in [0.2, 0.25) is 0 Å². The minimum atomic E-state index is -0.958. The van der Waals surface area contributed by atoms with Gasteiger partial charge in [-0.15, -0.1) is 0 Å². The maximum absolute atomic E-state index is 10.8. The van der Waals surface area contributed by atoms with Gasteiger partial charge in [0.1, 0.15) is 0 Å². The molecule has 0 spiro atoms. The lowest BCUT2D eigenvalue weighted by Crippen LogP contribution is -2.07. The van der Waals surface area contributed by atoms with E-state index in [1.807, 2.05) is 19.9 Å². The number of carboxylic acids is 1. The number of anilines is 1. The first-order chi connectivity index (χ1) is 6.61. The lowest BCUT2D eigenvalue weighted by Gasteiger charge is -2.11. The highest BCUT2D eigenvalue weighted by Crippen LogP contribution is 2.23. The van der Waals surface area contributed by atoms with Gasteiger partial charge in [-0.25, -0.2) is 4.79 Å². The van der Waals surface area contributed by atoms with Crippen LogP contribution in [0.4, 0.5) is 5.69 Å². The van der Waals surface area contributed by atoms with Crippen LogP contribution in [0.25, 0.3) is 0 Å². The largest absolute Gasteiger partial charge is 0.478 e. The predicted molar refractivity (Wildman–Crippen MR) is 56.6 cm³/mol. The second kappa shape index (κ2) is 4.13. The number of nitrogen functional groups attached to an aromatic ring is 1. The molecule has 3 nitrogen and oxygen atoms in total. The molecule has 0 aromatic heterocycles. The highest BCUT2D eigenvalue weighted by Gasteiger charge is 2.12. The van der Waals surface area contributed by atoms with Gasteiger partial charge in [-0.1, -0.05) is 19.9 Å². The monoisotopic (exact) mass is 193 g/mol. The molecule has 1 rings (SSSR count). The van der Waals surface area contributed by atoms with E-state index in [9.17, 15) is 4.79 Å². The van der Waals surface area contributed by atoms with E-state index in [1.54, 1.807) is 6.07 Å². The molecule has 0 heterocycles. The van der Waals surface area contributed by atoms with Crippen molar-refractivity contribution in [3.63, 3.8) is 0 Å². The average molecular weight is 193 g/mol. The van der Waals surface area contributed by atoms with Crippen molar-refractivity contribution in [3.8, 4) is 0 Å².